The van der Waals surface area contributed by atoms with Crippen molar-refractivity contribution in [2.75, 3.05) is 18.1 Å². The molecule has 1 amide bonds. The third kappa shape index (κ3) is 2.23. The van der Waals surface area contributed by atoms with Crippen molar-refractivity contribution >= 4 is 17.4 Å². The lowest BCUT2D eigenvalue weighted by Crippen LogP contribution is -2.39. The number of carbonyl (C=O) groups is 2. The zero-order chi connectivity index (χ0) is 13.1. The number of rotatable bonds is 4. The van der Waals surface area contributed by atoms with Crippen LogP contribution in [-0.4, -0.2) is 24.8 Å². The third-order valence-electron chi connectivity index (χ3n) is 2.99. The van der Waals surface area contributed by atoms with Crippen LogP contribution in [-0.2, 0) is 4.79 Å². The number of fused-ring (bicyclic) bond motifs is 1. The summed E-state index contributed by atoms with van der Waals surface area (Å²) in [7, 11) is 0. The number of amides is 1. The van der Waals surface area contributed by atoms with E-state index < -0.39 is 0 Å². The van der Waals surface area contributed by atoms with Crippen LogP contribution in [0.15, 0.2) is 18.2 Å². The number of hydrogen-bond donors (Lipinski definition) is 0. The molecule has 0 atom stereocenters. The summed E-state index contributed by atoms with van der Waals surface area (Å²) in [5.41, 5.74) is 1.35. The minimum absolute atomic E-state index is 0.0505. The van der Waals surface area contributed by atoms with Crippen molar-refractivity contribution in [3.8, 4) is 5.75 Å². The Bertz CT molecular complexity index is 482. The monoisotopic (exact) mass is 247 g/mol. The lowest BCUT2D eigenvalue weighted by atomic mass is 10.1. The van der Waals surface area contributed by atoms with E-state index in [0.717, 1.165) is 6.42 Å². The molecule has 1 heterocycles. The van der Waals surface area contributed by atoms with E-state index in [1.54, 1.807) is 23.1 Å². The molecular formula is C14H17NO3. The van der Waals surface area contributed by atoms with Crippen molar-refractivity contribution in [2.45, 2.75) is 26.7 Å². The first kappa shape index (κ1) is 12.6. The maximum Gasteiger partial charge on any atom is 0.265 e. The molecule has 0 spiro atoms. The van der Waals surface area contributed by atoms with Gasteiger partial charge in [0.2, 0.25) is 0 Å². The lowest BCUT2D eigenvalue weighted by Gasteiger charge is -2.29. The molecule has 0 saturated carbocycles. The van der Waals surface area contributed by atoms with Gasteiger partial charge in [-0.1, -0.05) is 13.8 Å². The Labute approximate surface area is 107 Å². The number of benzene rings is 1. The van der Waals surface area contributed by atoms with Crippen LogP contribution < -0.4 is 9.64 Å². The summed E-state index contributed by atoms with van der Waals surface area (Å²) >= 11 is 0. The van der Waals surface area contributed by atoms with Gasteiger partial charge in [0.1, 0.15) is 5.75 Å². The van der Waals surface area contributed by atoms with Crippen molar-refractivity contribution in [1.29, 1.82) is 0 Å². The van der Waals surface area contributed by atoms with Gasteiger partial charge in [-0.15, -0.1) is 0 Å². The number of hydrogen-bond acceptors (Lipinski definition) is 3. The number of ketones is 1. The average molecular weight is 247 g/mol. The Balaban J connectivity index is 2.41. The molecule has 1 aliphatic rings. The van der Waals surface area contributed by atoms with E-state index in [9.17, 15) is 9.59 Å². The van der Waals surface area contributed by atoms with Gasteiger partial charge in [-0.25, -0.2) is 0 Å². The van der Waals surface area contributed by atoms with Gasteiger partial charge in [-0.05, 0) is 24.6 Å². The molecule has 0 N–H and O–H groups in total. The third-order valence-corrected chi connectivity index (χ3v) is 2.99. The molecule has 18 heavy (non-hydrogen) atoms. The van der Waals surface area contributed by atoms with E-state index >= 15 is 0 Å². The Hall–Kier alpha value is -1.84. The molecule has 96 valence electrons. The molecule has 0 aromatic heterocycles. The second kappa shape index (κ2) is 5.21. The average Bonchev–Trinajstić information content (AvgIpc) is 2.40. The summed E-state index contributed by atoms with van der Waals surface area (Å²) in [5, 5.41) is 0. The number of Topliss-reactive ketones (excluding diaryl/α,β-unsaturated/α-hetero) is 1. The molecule has 0 radical (unpaired) electrons. The van der Waals surface area contributed by atoms with Gasteiger partial charge < -0.3 is 9.64 Å². The predicted octanol–water partition coefficient (Wildman–Crippen LogP) is 2.41. The molecule has 1 aromatic carbocycles. The van der Waals surface area contributed by atoms with Crippen LogP contribution >= 0.6 is 0 Å². The fourth-order valence-electron chi connectivity index (χ4n) is 2.05. The summed E-state index contributed by atoms with van der Waals surface area (Å²) in [6, 6.07) is 5.28. The van der Waals surface area contributed by atoms with E-state index in [0.29, 0.717) is 30.0 Å². The van der Waals surface area contributed by atoms with E-state index in [4.69, 9.17) is 4.74 Å². The quantitative estimate of drug-likeness (QED) is 0.768. The molecule has 1 aliphatic heterocycles. The summed E-state index contributed by atoms with van der Waals surface area (Å²) in [4.78, 5) is 25.2. The normalized spacial score (nSPS) is 14.1. The van der Waals surface area contributed by atoms with Gasteiger partial charge in [0.25, 0.3) is 5.91 Å². The highest BCUT2D eigenvalue weighted by molar-refractivity contribution is 6.01. The second-order valence-corrected chi connectivity index (χ2v) is 4.29. The number of nitrogens with zero attached hydrogens (tertiary/aromatic N) is 1. The number of carbonyl (C=O) groups excluding carboxylic acids is 2. The molecule has 0 unspecified atom stereocenters. The van der Waals surface area contributed by atoms with Crippen LogP contribution in [0.5, 0.6) is 5.75 Å². The van der Waals surface area contributed by atoms with Crippen LogP contribution in [0.2, 0.25) is 0 Å². The first-order valence-electron chi connectivity index (χ1n) is 6.27. The van der Waals surface area contributed by atoms with Gasteiger partial charge in [0, 0.05) is 18.5 Å². The molecule has 4 heteroatoms. The minimum Gasteiger partial charge on any atom is -0.482 e. The lowest BCUT2D eigenvalue weighted by molar-refractivity contribution is -0.121. The topological polar surface area (TPSA) is 46.6 Å². The van der Waals surface area contributed by atoms with E-state index in [-0.39, 0.29) is 18.3 Å². The first-order valence-corrected chi connectivity index (χ1v) is 6.27. The largest absolute Gasteiger partial charge is 0.482 e. The summed E-state index contributed by atoms with van der Waals surface area (Å²) < 4.78 is 5.38. The van der Waals surface area contributed by atoms with Crippen molar-refractivity contribution in [1.82, 2.24) is 0 Å². The van der Waals surface area contributed by atoms with Crippen LogP contribution in [0.25, 0.3) is 0 Å². The molecule has 0 bridgehead atoms. The van der Waals surface area contributed by atoms with Crippen molar-refractivity contribution in [2.24, 2.45) is 0 Å². The Morgan fingerprint density at radius 2 is 2.17 bits per heavy atom. The number of ether oxygens (including phenoxy) is 1. The molecular weight excluding hydrogens is 230 g/mol. The van der Waals surface area contributed by atoms with Gasteiger partial charge in [0.15, 0.2) is 12.4 Å². The van der Waals surface area contributed by atoms with Crippen molar-refractivity contribution in [3.63, 3.8) is 0 Å². The molecule has 4 nitrogen and oxygen atoms in total. The first-order chi connectivity index (χ1) is 8.67. The Kier molecular flexibility index (Phi) is 3.65. The molecule has 0 saturated heterocycles. The maximum atomic E-state index is 11.8. The van der Waals surface area contributed by atoms with Crippen LogP contribution in [0.1, 0.15) is 37.0 Å². The Morgan fingerprint density at radius 3 is 2.83 bits per heavy atom. The van der Waals surface area contributed by atoms with Gasteiger partial charge in [-0.3, -0.25) is 9.59 Å². The van der Waals surface area contributed by atoms with Crippen LogP contribution in [0.3, 0.4) is 0 Å². The second-order valence-electron chi connectivity index (χ2n) is 4.29. The van der Waals surface area contributed by atoms with Crippen LogP contribution in [0, 0.1) is 0 Å². The molecule has 2 rings (SSSR count). The van der Waals surface area contributed by atoms with E-state index in [2.05, 4.69) is 0 Å². The zero-order valence-electron chi connectivity index (χ0n) is 10.7. The molecule has 0 fully saturated rings. The molecule has 1 aromatic rings. The predicted molar refractivity (Wildman–Crippen MR) is 69.2 cm³/mol. The van der Waals surface area contributed by atoms with Gasteiger partial charge >= 0.3 is 0 Å². The summed E-state index contributed by atoms with van der Waals surface area (Å²) in [6.45, 7) is 4.57. The minimum atomic E-state index is -0.0505. The molecule has 0 aliphatic carbocycles. The van der Waals surface area contributed by atoms with Gasteiger partial charge in [-0.2, -0.15) is 0 Å². The van der Waals surface area contributed by atoms with E-state index in [1.807, 2.05) is 13.8 Å². The fraction of sp³-hybridized carbons (Fsp3) is 0.429. The summed E-state index contributed by atoms with van der Waals surface area (Å²) in [6.07, 6.45) is 1.33. The maximum absolute atomic E-state index is 11.8. The number of anilines is 1. The zero-order valence-corrected chi connectivity index (χ0v) is 10.7. The SMILES string of the molecule is CCCN1C(=O)COc2ccc(C(=O)CC)cc21. The standard InChI is InChI=1S/C14H17NO3/c1-3-7-15-11-8-10(12(16)4-2)5-6-13(11)18-9-14(15)17/h5-6,8H,3-4,7,9H2,1-2H3. The highest BCUT2D eigenvalue weighted by Gasteiger charge is 2.25. The van der Waals surface area contributed by atoms with Crippen LogP contribution in [0.4, 0.5) is 5.69 Å². The smallest absolute Gasteiger partial charge is 0.265 e. The fourth-order valence-corrected chi connectivity index (χ4v) is 2.05. The van der Waals surface area contributed by atoms with Gasteiger partial charge in [0.05, 0.1) is 5.69 Å². The highest BCUT2D eigenvalue weighted by Crippen LogP contribution is 2.33. The Morgan fingerprint density at radius 1 is 1.39 bits per heavy atom. The highest BCUT2D eigenvalue weighted by atomic mass is 16.5. The van der Waals surface area contributed by atoms with E-state index in [1.165, 1.54) is 0 Å². The summed E-state index contributed by atoms with van der Waals surface area (Å²) in [5.74, 6) is 0.702. The van der Waals surface area contributed by atoms with Crippen molar-refractivity contribution < 1.29 is 14.3 Å². The van der Waals surface area contributed by atoms with Crippen molar-refractivity contribution in [3.05, 3.63) is 23.8 Å².